The van der Waals surface area contributed by atoms with Crippen LogP contribution in [0.2, 0.25) is 0 Å². The average molecular weight is 1100 g/mol. The third-order valence-electron chi connectivity index (χ3n) is 12.7. The van der Waals surface area contributed by atoms with Crippen LogP contribution in [0.1, 0.15) is 232 Å². The lowest BCUT2D eigenvalue weighted by molar-refractivity contribution is -0.870. The van der Waals surface area contributed by atoms with Crippen molar-refractivity contribution in [2.45, 2.75) is 238 Å². The Labute approximate surface area is 479 Å². The van der Waals surface area contributed by atoms with Gasteiger partial charge in [0, 0.05) is 12.8 Å². The van der Waals surface area contributed by atoms with Crippen molar-refractivity contribution in [1.29, 1.82) is 0 Å². The molecule has 0 aliphatic rings. The summed E-state index contributed by atoms with van der Waals surface area (Å²) in [5.41, 5.74) is 0. The molecule has 0 saturated heterocycles. The number of carbonyl (C=O) groups excluding carboxylic acids is 2. The van der Waals surface area contributed by atoms with E-state index in [4.69, 9.17) is 18.5 Å². The van der Waals surface area contributed by atoms with Gasteiger partial charge >= 0.3 is 11.9 Å². The van der Waals surface area contributed by atoms with Crippen LogP contribution in [0.3, 0.4) is 0 Å². The van der Waals surface area contributed by atoms with Gasteiger partial charge in [-0.2, -0.15) is 0 Å². The molecule has 0 rings (SSSR count). The van der Waals surface area contributed by atoms with Crippen molar-refractivity contribution in [3.8, 4) is 0 Å². The van der Waals surface area contributed by atoms with Gasteiger partial charge in [0.05, 0.1) is 27.7 Å². The monoisotopic (exact) mass is 1100 g/mol. The lowest BCUT2D eigenvalue weighted by Crippen LogP contribution is -2.37. The maximum Gasteiger partial charge on any atom is 0.306 e. The van der Waals surface area contributed by atoms with E-state index in [9.17, 15) is 19.0 Å². The number of nitrogens with zero attached hydrogens (tertiary/aromatic N) is 1. The maximum atomic E-state index is 12.8. The van der Waals surface area contributed by atoms with E-state index in [1.165, 1.54) is 77.0 Å². The predicted octanol–water partition coefficient (Wildman–Crippen LogP) is 19.1. The number of likely N-dealkylation sites (N-methyl/N-ethyl adjacent to an activating group) is 1. The summed E-state index contributed by atoms with van der Waals surface area (Å²) < 4.78 is 34.1. The number of rotatable bonds is 55. The Morgan fingerprint density at radius 2 is 0.692 bits per heavy atom. The standard InChI is InChI=1S/C68H114NO8P/c1-6-8-10-12-14-16-18-20-22-24-25-26-27-28-29-30-31-32-33-34-35-36-37-38-39-40-41-42-43-45-47-49-51-53-55-57-59-61-68(71)77-66(65-76-78(72,73)75-63-62-69(3,4)5)64-74-67(70)60-58-56-54-52-50-48-46-44-23-21-19-17-15-13-11-9-7-2/h8-11,14-17,20-23,25-26,28-29,31-32,34-35,46,48,66H,6-7,12-13,18-19,24,27,30,33,36-45,47,49-65H2,1-5H3/b10-8-,11-9-,16-14-,17-15-,22-20-,23-21-,26-25-,29-28-,32-31-,35-34-,48-46-. The van der Waals surface area contributed by atoms with Crippen molar-refractivity contribution in [3.05, 3.63) is 134 Å². The van der Waals surface area contributed by atoms with Gasteiger partial charge in [0.15, 0.2) is 6.10 Å². The van der Waals surface area contributed by atoms with E-state index < -0.39 is 32.5 Å². The molecule has 0 saturated carbocycles. The van der Waals surface area contributed by atoms with Crippen molar-refractivity contribution in [2.24, 2.45) is 0 Å². The predicted molar refractivity (Wildman–Crippen MR) is 332 cm³/mol. The first-order valence-electron chi connectivity index (χ1n) is 30.9. The normalized spacial score (nSPS) is 14.2. The zero-order valence-corrected chi connectivity index (χ0v) is 51.2. The van der Waals surface area contributed by atoms with Gasteiger partial charge in [-0.25, -0.2) is 0 Å². The third kappa shape index (κ3) is 61.4. The average Bonchev–Trinajstić information content (AvgIpc) is 3.41. The second kappa shape index (κ2) is 57.8. The summed E-state index contributed by atoms with van der Waals surface area (Å²) in [5, 5.41) is 0. The molecule has 0 bridgehead atoms. The molecular formula is C68H114NO8P. The molecule has 9 nitrogen and oxygen atoms in total. The first kappa shape index (κ1) is 74.2. The van der Waals surface area contributed by atoms with Crippen molar-refractivity contribution in [1.82, 2.24) is 0 Å². The highest BCUT2D eigenvalue weighted by Crippen LogP contribution is 2.38. The molecule has 10 heteroatoms. The molecule has 0 amide bonds. The maximum absolute atomic E-state index is 12.8. The van der Waals surface area contributed by atoms with Crippen LogP contribution in [0.15, 0.2) is 134 Å². The Morgan fingerprint density at radius 1 is 0.397 bits per heavy atom. The number of ether oxygens (including phenoxy) is 2. The highest BCUT2D eigenvalue weighted by atomic mass is 31.2. The number of hydrogen-bond acceptors (Lipinski definition) is 8. The lowest BCUT2D eigenvalue weighted by Gasteiger charge is -2.28. The SMILES string of the molecule is CC/C=C\C/C=C\C/C=C\C/C=C\C/C=C\C/C=C\C/C=C\CCCCCCCCCCCCCCCCCC(=O)OC(COC(=O)CCCCCC/C=C\C/C=C\C/C=C\C/C=C\CC)COP(=O)([O-])OCC[N+](C)(C)C. The lowest BCUT2D eigenvalue weighted by atomic mass is 10.0. The Kier molecular flexibility index (Phi) is 55.0. The number of carbonyl (C=O) groups is 2. The third-order valence-corrected chi connectivity index (χ3v) is 13.6. The molecule has 0 spiro atoms. The molecule has 0 aromatic carbocycles. The number of esters is 2. The van der Waals surface area contributed by atoms with E-state index in [2.05, 4.69) is 148 Å². The minimum atomic E-state index is -4.65. The molecule has 0 fully saturated rings. The number of phosphoric ester groups is 1. The first-order chi connectivity index (χ1) is 38.0. The minimum Gasteiger partial charge on any atom is -0.756 e. The molecule has 0 N–H and O–H groups in total. The molecule has 2 unspecified atom stereocenters. The zero-order chi connectivity index (χ0) is 57.0. The van der Waals surface area contributed by atoms with E-state index in [0.717, 1.165) is 116 Å². The zero-order valence-electron chi connectivity index (χ0n) is 50.3. The minimum absolute atomic E-state index is 0.0409. The summed E-state index contributed by atoms with van der Waals surface area (Å²) in [4.78, 5) is 37.9. The van der Waals surface area contributed by atoms with E-state index in [1.54, 1.807) is 0 Å². The molecule has 2 atom stereocenters. The topological polar surface area (TPSA) is 111 Å². The van der Waals surface area contributed by atoms with Crippen LogP contribution < -0.4 is 4.89 Å². The molecule has 0 aromatic rings. The van der Waals surface area contributed by atoms with Gasteiger partial charge in [0.2, 0.25) is 0 Å². The molecule has 0 heterocycles. The fourth-order valence-corrected chi connectivity index (χ4v) is 8.71. The van der Waals surface area contributed by atoms with Crippen LogP contribution >= 0.6 is 7.82 Å². The number of quaternary nitrogens is 1. The highest BCUT2D eigenvalue weighted by Gasteiger charge is 2.22. The molecule has 78 heavy (non-hydrogen) atoms. The molecule has 0 aliphatic carbocycles. The Balaban J connectivity index is 4.08. The number of allylic oxidation sites excluding steroid dienone is 22. The van der Waals surface area contributed by atoms with Crippen LogP contribution in [-0.2, 0) is 32.7 Å². The fraction of sp³-hybridized carbons (Fsp3) is 0.647. The summed E-state index contributed by atoms with van der Waals surface area (Å²) >= 11 is 0. The molecule has 0 aromatic heterocycles. The van der Waals surface area contributed by atoms with E-state index >= 15 is 0 Å². The largest absolute Gasteiger partial charge is 0.756 e. The van der Waals surface area contributed by atoms with Crippen molar-refractivity contribution < 1.29 is 42.1 Å². The van der Waals surface area contributed by atoms with Crippen molar-refractivity contribution in [2.75, 3.05) is 47.5 Å². The molecule has 0 aliphatic heterocycles. The summed E-state index contributed by atoms with van der Waals surface area (Å²) in [6.45, 7) is 3.97. The van der Waals surface area contributed by atoms with Crippen molar-refractivity contribution >= 4 is 19.8 Å². The Bertz CT molecular complexity index is 1780. The van der Waals surface area contributed by atoms with Crippen LogP contribution in [0, 0.1) is 0 Å². The quantitative estimate of drug-likeness (QED) is 0.0195. The van der Waals surface area contributed by atoms with Gasteiger partial charge in [-0.3, -0.25) is 14.2 Å². The molecular weight excluding hydrogens is 990 g/mol. The second-order valence-electron chi connectivity index (χ2n) is 21.3. The van der Waals surface area contributed by atoms with Gasteiger partial charge in [-0.15, -0.1) is 0 Å². The van der Waals surface area contributed by atoms with Gasteiger partial charge in [0.25, 0.3) is 7.82 Å². The summed E-state index contributed by atoms with van der Waals surface area (Å²) in [6.07, 6.45) is 83.7. The van der Waals surface area contributed by atoms with Crippen LogP contribution in [0.4, 0.5) is 0 Å². The Morgan fingerprint density at radius 3 is 1.03 bits per heavy atom. The van der Waals surface area contributed by atoms with Gasteiger partial charge in [0.1, 0.15) is 19.8 Å². The van der Waals surface area contributed by atoms with Crippen molar-refractivity contribution in [3.63, 3.8) is 0 Å². The summed E-state index contributed by atoms with van der Waals surface area (Å²) in [7, 11) is 1.14. The summed E-state index contributed by atoms with van der Waals surface area (Å²) in [6, 6.07) is 0. The first-order valence-corrected chi connectivity index (χ1v) is 32.4. The molecule has 444 valence electrons. The summed E-state index contributed by atoms with van der Waals surface area (Å²) in [5.74, 6) is -0.867. The van der Waals surface area contributed by atoms with Crippen LogP contribution in [0.5, 0.6) is 0 Å². The van der Waals surface area contributed by atoms with Crippen LogP contribution in [0.25, 0.3) is 0 Å². The van der Waals surface area contributed by atoms with E-state index in [1.807, 2.05) is 21.1 Å². The highest BCUT2D eigenvalue weighted by molar-refractivity contribution is 7.45. The number of hydrogen-bond donors (Lipinski definition) is 0. The van der Waals surface area contributed by atoms with Crippen LogP contribution in [-0.4, -0.2) is 70.0 Å². The van der Waals surface area contributed by atoms with Gasteiger partial charge < -0.3 is 27.9 Å². The molecule has 0 radical (unpaired) electrons. The van der Waals surface area contributed by atoms with Gasteiger partial charge in [-0.1, -0.05) is 244 Å². The second-order valence-corrected chi connectivity index (χ2v) is 22.7. The number of phosphoric acid groups is 1. The number of unbranched alkanes of at least 4 members (excludes halogenated alkanes) is 19. The fourth-order valence-electron chi connectivity index (χ4n) is 7.98. The van der Waals surface area contributed by atoms with E-state index in [-0.39, 0.29) is 26.1 Å². The van der Waals surface area contributed by atoms with Gasteiger partial charge in [-0.05, 0) is 109 Å². The van der Waals surface area contributed by atoms with E-state index in [0.29, 0.717) is 23.9 Å². The Hall–Kier alpha value is -3.85. The smallest absolute Gasteiger partial charge is 0.306 e.